The number of hydrogen-bond acceptors (Lipinski definition) is 4. The number of fused-ring (bicyclic) bond motifs is 1. The largest absolute Gasteiger partial charge is 0.465 e. The molecule has 1 aromatic rings. The van der Waals surface area contributed by atoms with Crippen LogP contribution in [0.5, 0.6) is 0 Å². The maximum Gasteiger partial charge on any atom is 0.416 e. The van der Waals surface area contributed by atoms with Crippen molar-refractivity contribution in [3.05, 3.63) is 29.8 Å². The Bertz CT molecular complexity index is 1160. The number of carbonyl (C=O) groups is 2. The van der Waals surface area contributed by atoms with E-state index >= 15 is 0 Å². The maximum atomic E-state index is 13.4. The predicted octanol–water partition coefficient (Wildman–Crippen LogP) is 5.05. The number of halogens is 3. The SMILES string of the molecule is CN(C(=O)O)[C@@H](CC(C)(C)CC(C)(C)C)C(=O)N[C@H]1CC[C@@H]2CN(S(=O)(=O)c3ccc(C(F)(F)F)cc3)C[C@@H]21. The molecule has 2 N–H and O–H groups in total. The number of nitrogens with one attached hydrogen (secondary N) is 1. The average molecular weight is 576 g/mol. The molecular weight excluding hydrogens is 535 g/mol. The minimum Gasteiger partial charge on any atom is -0.465 e. The molecule has 0 spiro atoms. The van der Waals surface area contributed by atoms with Crippen LogP contribution in [0, 0.1) is 22.7 Å². The molecule has 2 fully saturated rings. The van der Waals surface area contributed by atoms with Crippen molar-refractivity contribution in [3.63, 3.8) is 0 Å². The Kier molecular flexibility index (Phi) is 8.73. The van der Waals surface area contributed by atoms with Gasteiger partial charge in [0.05, 0.1) is 10.5 Å². The summed E-state index contributed by atoms with van der Waals surface area (Å²) in [5.74, 6) is -0.583. The first-order valence-electron chi connectivity index (χ1n) is 13.1. The monoisotopic (exact) mass is 575 g/mol. The van der Waals surface area contributed by atoms with E-state index in [0.29, 0.717) is 19.3 Å². The second-order valence-electron chi connectivity index (χ2n) is 13.0. The lowest BCUT2D eigenvalue weighted by atomic mass is 9.72. The summed E-state index contributed by atoms with van der Waals surface area (Å²) in [4.78, 5) is 26.1. The smallest absolute Gasteiger partial charge is 0.416 e. The van der Waals surface area contributed by atoms with Crippen molar-refractivity contribution in [2.45, 2.75) is 83.5 Å². The Morgan fingerprint density at radius 2 is 1.67 bits per heavy atom. The van der Waals surface area contributed by atoms with Crippen LogP contribution in [0.4, 0.5) is 18.0 Å². The van der Waals surface area contributed by atoms with Crippen LogP contribution in [-0.2, 0) is 21.0 Å². The molecule has 4 atom stereocenters. The van der Waals surface area contributed by atoms with Gasteiger partial charge < -0.3 is 10.4 Å². The summed E-state index contributed by atoms with van der Waals surface area (Å²) >= 11 is 0. The van der Waals surface area contributed by atoms with Gasteiger partial charge in [0.1, 0.15) is 6.04 Å². The molecule has 1 saturated carbocycles. The van der Waals surface area contributed by atoms with Gasteiger partial charge in [-0.05, 0) is 72.6 Å². The minimum absolute atomic E-state index is 0.00694. The summed E-state index contributed by atoms with van der Waals surface area (Å²) in [5.41, 5.74) is -1.26. The Hall–Kier alpha value is -2.34. The third-order valence-electron chi connectivity index (χ3n) is 7.80. The van der Waals surface area contributed by atoms with Crippen molar-refractivity contribution in [2.75, 3.05) is 20.1 Å². The fourth-order valence-corrected chi connectivity index (χ4v) is 7.95. The molecule has 1 heterocycles. The Labute approximate surface area is 229 Å². The molecule has 39 heavy (non-hydrogen) atoms. The van der Waals surface area contributed by atoms with E-state index in [-0.39, 0.29) is 46.7 Å². The van der Waals surface area contributed by atoms with Crippen LogP contribution in [0.2, 0.25) is 0 Å². The van der Waals surface area contributed by atoms with E-state index in [1.54, 1.807) is 0 Å². The molecule has 2 aliphatic rings. The van der Waals surface area contributed by atoms with Gasteiger partial charge in [0.15, 0.2) is 0 Å². The first-order chi connectivity index (χ1) is 17.7. The first kappa shape index (κ1) is 31.2. The van der Waals surface area contributed by atoms with Crippen molar-refractivity contribution >= 4 is 22.0 Å². The first-order valence-corrected chi connectivity index (χ1v) is 14.6. The highest BCUT2D eigenvalue weighted by molar-refractivity contribution is 7.89. The van der Waals surface area contributed by atoms with Gasteiger partial charge in [-0.3, -0.25) is 9.69 Å². The van der Waals surface area contributed by atoms with Crippen LogP contribution < -0.4 is 5.32 Å². The normalized spacial score (nSPS) is 23.4. The molecule has 1 aliphatic heterocycles. The van der Waals surface area contributed by atoms with Crippen LogP contribution >= 0.6 is 0 Å². The molecule has 12 heteroatoms. The molecule has 1 saturated heterocycles. The zero-order valence-electron chi connectivity index (χ0n) is 23.4. The van der Waals surface area contributed by atoms with Crippen LogP contribution in [0.1, 0.15) is 65.9 Å². The van der Waals surface area contributed by atoms with Crippen molar-refractivity contribution < 1.29 is 36.3 Å². The van der Waals surface area contributed by atoms with E-state index in [0.717, 1.165) is 35.6 Å². The van der Waals surface area contributed by atoms with E-state index in [2.05, 4.69) is 26.1 Å². The zero-order valence-corrected chi connectivity index (χ0v) is 24.2. The number of sulfonamides is 1. The number of rotatable bonds is 8. The van der Waals surface area contributed by atoms with Crippen molar-refractivity contribution in [1.29, 1.82) is 0 Å². The second kappa shape index (κ2) is 10.9. The summed E-state index contributed by atoms with van der Waals surface area (Å²) in [5, 5.41) is 12.7. The molecule has 1 aromatic carbocycles. The predicted molar refractivity (Wildman–Crippen MR) is 140 cm³/mol. The molecule has 2 amide bonds. The van der Waals surface area contributed by atoms with Crippen molar-refractivity contribution in [3.8, 4) is 0 Å². The highest BCUT2D eigenvalue weighted by atomic mass is 32.2. The third-order valence-corrected chi connectivity index (χ3v) is 9.64. The number of nitrogens with zero attached hydrogens (tertiary/aromatic N) is 2. The van der Waals surface area contributed by atoms with E-state index < -0.39 is 39.8 Å². The Morgan fingerprint density at radius 1 is 1.08 bits per heavy atom. The number of carboxylic acid groups (broad SMARTS) is 1. The summed E-state index contributed by atoms with van der Waals surface area (Å²) in [6.45, 7) is 10.7. The number of alkyl halides is 3. The molecule has 0 radical (unpaired) electrons. The topological polar surface area (TPSA) is 107 Å². The van der Waals surface area contributed by atoms with Gasteiger partial charge in [-0.1, -0.05) is 34.6 Å². The molecule has 0 unspecified atom stereocenters. The summed E-state index contributed by atoms with van der Waals surface area (Å²) in [6, 6.07) is 2.21. The fourth-order valence-electron chi connectivity index (χ4n) is 6.41. The van der Waals surface area contributed by atoms with Gasteiger partial charge in [-0.15, -0.1) is 0 Å². The quantitative estimate of drug-likeness (QED) is 0.451. The van der Waals surface area contributed by atoms with Gasteiger partial charge in [-0.25, -0.2) is 13.2 Å². The number of amides is 2. The fraction of sp³-hybridized carbons (Fsp3) is 0.704. The molecule has 3 rings (SSSR count). The maximum absolute atomic E-state index is 13.4. The van der Waals surface area contributed by atoms with Crippen LogP contribution in [0.15, 0.2) is 29.2 Å². The lowest BCUT2D eigenvalue weighted by Crippen LogP contribution is -2.52. The lowest BCUT2D eigenvalue weighted by Gasteiger charge is -2.37. The van der Waals surface area contributed by atoms with Crippen molar-refractivity contribution in [2.24, 2.45) is 22.7 Å². The van der Waals surface area contributed by atoms with Gasteiger partial charge in [0, 0.05) is 26.2 Å². The average Bonchev–Trinajstić information content (AvgIpc) is 3.37. The lowest BCUT2D eigenvalue weighted by molar-refractivity contribution is -0.137. The van der Waals surface area contributed by atoms with Gasteiger partial charge >= 0.3 is 12.3 Å². The standard InChI is InChI=1S/C27H40F3N3O5S/c1-25(2,3)16-26(4,5)13-22(32(6)24(35)36)23(34)31-21-12-7-17-14-33(15-20(17)21)39(37,38)19-10-8-18(9-11-19)27(28,29)30/h8-11,17,20-22H,7,12-16H2,1-6H3,(H,31,34)(H,35,36)/t17-,20+,21+,22+/m1/s1. The summed E-state index contributed by atoms with van der Waals surface area (Å²) < 4.78 is 66.4. The Morgan fingerprint density at radius 3 is 2.18 bits per heavy atom. The van der Waals surface area contributed by atoms with E-state index in [4.69, 9.17) is 0 Å². The number of hydrogen-bond donors (Lipinski definition) is 2. The molecule has 220 valence electrons. The number of benzene rings is 1. The van der Waals surface area contributed by atoms with Gasteiger partial charge in [0.25, 0.3) is 0 Å². The molecular formula is C27H40F3N3O5S. The number of carbonyl (C=O) groups excluding carboxylic acids is 1. The molecule has 8 nitrogen and oxygen atoms in total. The molecule has 1 aliphatic carbocycles. The van der Waals surface area contributed by atoms with E-state index in [9.17, 15) is 36.3 Å². The minimum atomic E-state index is -4.56. The Balaban J connectivity index is 1.73. The highest BCUT2D eigenvalue weighted by Crippen LogP contribution is 2.41. The zero-order chi connectivity index (χ0) is 29.6. The van der Waals surface area contributed by atoms with Crippen LogP contribution in [-0.4, -0.2) is 67.0 Å². The third kappa shape index (κ3) is 7.45. The van der Waals surface area contributed by atoms with Crippen LogP contribution in [0.3, 0.4) is 0 Å². The highest BCUT2D eigenvalue weighted by Gasteiger charge is 2.48. The van der Waals surface area contributed by atoms with E-state index in [1.807, 2.05) is 13.8 Å². The van der Waals surface area contributed by atoms with Gasteiger partial charge in [0.2, 0.25) is 15.9 Å². The summed E-state index contributed by atoms with van der Waals surface area (Å²) in [6.07, 6.45) is -3.34. The van der Waals surface area contributed by atoms with Gasteiger partial charge in [-0.2, -0.15) is 17.5 Å². The van der Waals surface area contributed by atoms with Crippen LogP contribution in [0.25, 0.3) is 0 Å². The molecule has 0 aromatic heterocycles. The van der Waals surface area contributed by atoms with Crippen molar-refractivity contribution in [1.82, 2.24) is 14.5 Å². The molecule has 0 bridgehead atoms. The number of likely N-dealkylation sites (N-methyl/N-ethyl adjacent to an activating group) is 1. The van der Waals surface area contributed by atoms with E-state index in [1.165, 1.54) is 11.4 Å². The summed E-state index contributed by atoms with van der Waals surface area (Å²) in [7, 11) is -2.63. The second-order valence-corrected chi connectivity index (χ2v) is 14.9.